The summed E-state index contributed by atoms with van der Waals surface area (Å²) in [4.78, 5) is 6.95. The smallest absolute Gasteiger partial charge is 0.252 e. The molecule has 4 rings (SSSR count). The molecule has 26 heavy (non-hydrogen) atoms. The van der Waals surface area contributed by atoms with E-state index in [4.69, 9.17) is 16.6 Å². The lowest BCUT2D eigenvalue weighted by Gasteiger charge is -2.33. The maximum absolute atomic E-state index is 12.6. The number of hydrogen-bond donors (Lipinski definition) is 0. The third-order valence-electron chi connectivity index (χ3n) is 4.18. The van der Waals surface area contributed by atoms with Gasteiger partial charge in [0, 0.05) is 49.0 Å². The van der Waals surface area contributed by atoms with Crippen molar-refractivity contribution in [3.8, 4) is 10.6 Å². The van der Waals surface area contributed by atoms with Crippen molar-refractivity contribution in [3.63, 3.8) is 0 Å². The van der Waals surface area contributed by atoms with Crippen molar-refractivity contribution in [2.45, 2.75) is 10.8 Å². The minimum atomic E-state index is -3.43. The highest BCUT2D eigenvalue weighted by Gasteiger charge is 2.29. The van der Waals surface area contributed by atoms with Gasteiger partial charge in [-0.15, -0.1) is 22.7 Å². The Morgan fingerprint density at radius 1 is 1.12 bits per heavy atom. The highest BCUT2D eigenvalue weighted by molar-refractivity contribution is 7.91. The second kappa shape index (κ2) is 7.67. The molecule has 0 atom stereocenters. The van der Waals surface area contributed by atoms with Crippen LogP contribution in [0.2, 0.25) is 4.34 Å². The van der Waals surface area contributed by atoms with Crippen molar-refractivity contribution < 1.29 is 8.42 Å². The molecule has 1 aliphatic heterocycles. The van der Waals surface area contributed by atoms with Crippen LogP contribution in [0.1, 0.15) is 5.69 Å². The zero-order chi connectivity index (χ0) is 18.1. The molecule has 0 amide bonds. The number of rotatable bonds is 5. The summed E-state index contributed by atoms with van der Waals surface area (Å²) in [6, 6.07) is 5.28. The first-order valence-corrected chi connectivity index (χ1v) is 12.4. The van der Waals surface area contributed by atoms with Crippen LogP contribution in [-0.4, -0.2) is 48.8 Å². The van der Waals surface area contributed by atoms with Crippen LogP contribution in [0.4, 0.5) is 0 Å². The average Bonchev–Trinajstić information content (AvgIpc) is 3.36. The predicted molar refractivity (Wildman–Crippen MR) is 109 cm³/mol. The number of sulfonamides is 1. The van der Waals surface area contributed by atoms with Crippen LogP contribution in [-0.2, 0) is 16.6 Å². The lowest BCUT2D eigenvalue weighted by molar-refractivity contribution is 0.180. The van der Waals surface area contributed by atoms with Crippen LogP contribution in [0.3, 0.4) is 0 Å². The van der Waals surface area contributed by atoms with E-state index < -0.39 is 10.0 Å². The highest BCUT2D eigenvalue weighted by Crippen LogP contribution is 2.29. The first kappa shape index (κ1) is 18.5. The third kappa shape index (κ3) is 3.89. The van der Waals surface area contributed by atoms with Gasteiger partial charge < -0.3 is 0 Å². The molecule has 0 saturated carbocycles. The van der Waals surface area contributed by atoms with Gasteiger partial charge in [-0.1, -0.05) is 11.6 Å². The molecule has 5 nitrogen and oxygen atoms in total. The molecule has 138 valence electrons. The molecule has 0 radical (unpaired) electrons. The topological polar surface area (TPSA) is 53.5 Å². The van der Waals surface area contributed by atoms with Crippen LogP contribution in [0.5, 0.6) is 0 Å². The van der Waals surface area contributed by atoms with Crippen molar-refractivity contribution in [3.05, 3.63) is 44.4 Å². The molecule has 10 heteroatoms. The largest absolute Gasteiger partial charge is 0.295 e. The Bertz CT molecular complexity index is 973. The first-order chi connectivity index (χ1) is 12.5. The molecule has 3 aromatic rings. The molecule has 1 saturated heterocycles. The van der Waals surface area contributed by atoms with E-state index in [2.05, 4.69) is 27.1 Å². The fourth-order valence-corrected chi connectivity index (χ4v) is 7.40. The maximum atomic E-state index is 12.6. The number of thiophene rings is 2. The van der Waals surface area contributed by atoms with Crippen molar-refractivity contribution >= 4 is 55.6 Å². The minimum absolute atomic E-state index is 0.316. The summed E-state index contributed by atoms with van der Waals surface area (Å²) in [6.45, 7) is 3.12. The zero-order valence-electron chi connectivity index (χ0n) is 13.7. The summed E-state index contributed by atoms with van der Waals surface area (Å²) in [7, 11) is -3.43. The van der Waals surface area contributed by atoms with Crippen LogP contribution < -0.4 is 0 Å². The predicted octanol–water partition coefficient (Wildman–Crippen LogP) is 4.09. The number of aromatic nitrogens is 1. The normalized spacial score (nSPS) is 17.0. The van der Waals surface area contributed by atoms with E-state index in [0.29, 0.717) is 34.7 Å². The zero-order valence-corrected chi connectivity index (χ0v) is 17.7. The van der Waals surface area contributed by atoms with Crippen LogP contribution in [0.25, 0.3) is 10.6 Å². The van der Waals surface area contributed by atoms with Gasteiger partial charge in [-0.3, -0.25) is 4.90 Å². The Kier molecular flexibility index (Phi) is 5.47. The van der Waals surface area contributed by atoms with Gasteiger partial charge in [0.15, 0.2) is 0 Å². The Morgan fingerprint density at radius 2 is 1.92 bits per heavy atom. The van der Waals surface area contributed by atoms with Crippen LogP contribution in [0.15, 0.2) is 38.5 Å². The van der Waals surface area contributed by atoms with E-state index in [1.165, 1.54) is 0 Å². The SMILES string of the molecule is O=S(=O)(c1ccc(Cl)s1)N1CCN(Cc2csc(-c3ccsc3)n2)CC1. The standard InChI is InChI=1S/C16H16ClN3O2S4/c17-14-1-2-15(25-14)26(21,22)20-6-4-19(5-7-20)9-13-11-24-16(18-13)12-3-8-23-10-12/h1-3,8,10-11H,4-7,9H2. The molecule has 1 aliphatic rings. The van der Waals surface area contributed by atoms with Gasteiger partial charge in [-0.25, -0.2) is 13.4 Å². The summed E-state index contributed by atoms with van der Waals surface area (Å²) >= 11 is 10.3. The summed E-state index contributed by atoms with van der Waals surface area (Å²) in [5, 5.41) is 7.28. The Balaban J connectivity index is 1.37. The number of thiazole rings is 1. The quantitative estimate of drug-likeness (QED) is 0.593. The minimum Gasteiger partial charge on any atom is -0.295 e. The number of piperazine rings is 1. The van der Waals surface area contributed by atoms with Crippen molar-refractivity contribution in [1.29, 1.82) is 0 Å². The Labute approximate surface area is 169 Å². The van der Waals surface area contributed by atoms with E-state index in [1.807, 2.05) is 0 Å². The van der Waals surface area contributed by atoms with E-state index in [0.717, 1.165) is 34.1 Å². The number of hydrogen-bond acceptors (Lipinski definition) is 7. The molecule has 4 heterocycles. The van der Waals surface area contributed by atoms with Crippen molar-refractivity contribution in [1.82, 2.24) is 14.2 Å². The Morgan fingerprint density at radius 3 is 2.58 bits per heavy atom. The molecular formula is C16H16ClN3O2S4. The second-order valence-corrected chi connectivity index (χ2v) is 11.4. The van der Waals surface area contributed by atoms with E-state index in [-0.39, 0.29) is 0 Å². The number of halogens is 1. The van der Waals surface area contributed by atoms with Crippen LogP contribution in [0, 0.1) is 0 Å². The highest BCUT2D eigenvalue weighted by atomic mass is 35.5. The fraction of sp³-hybridized carbons (Fsp3) is 0.312. The average molecular weight is 446 g/mol. The van der Waals surface area contributed by atoms with Gasteiger partial charge >= 0.3 is 0 Å². The molecule has 3 aromatic heterocycles. The molecule has 0 spiro atoms. The van der Waals surface area contributed by atoms with Gasteiger partial charge in [-0.2, -0.15) is 15.6 Å². The van der Waals surface area contributed by atoms with Gasteiger partial charge in [-0.05, 0) is 23.6 Å². The molecule has 0 aliphatic carbocycles. The maximum Gasteiger partial charge on any atom is 0.252 e. The van der Waals surface area contributed by atoms with Gasteiger partial charge in [0.2, 0.25) is 0 Å². The van der Waals surface area contributed by atoms with Gasteiger partial charge in [0.05, 0.1) is 10.0 Å². The van der Waals surface area contributed by atoms with Crippen molar-refractivity contribution in [2.75, 3.05) is 26.2 Å². The van der Waals surface area contributed by atoms with Gasteiger partial charge in [0.25, 0.3) is 10.0 Å². The van der Waals surface area contributed by atoms with Crippen LogP contribution >= 0.6 is 45.6 Å². The van der Waals surface area contributed by atoms with E-state index in [1.54, 1.807) is 39.1 Å². The molecule has 0 aromatic carbocycles. The van der Waals surface area contributed by atoms with E-state index >= 15 is 0 Å². The fourth-order valence-electron chi connectivity index (χ4n) is 2.82. The molecule has 1 fully saturated rings. The molecule has 0 N–H and O–H groups in total. The summed E-state index contributed by atoms with van der Waals surface area (Å²) in [6.07, 6.45) is 0. The summed E-state index contributed by atoms with van der Waals surface area (Å²) in [5.41, 5.74) is 2.20. The second-order valence-electron chi connectivity index (χ2n) is 5.89. The lowest BCUT2D eigenvalue weighted by Crippen LogP contribution is -2.48. The molecular weight excluding hydrogens is 430 g/mol. The third-order valence-corrected chi connectivity index (χ3v) is 9.40. The summed E-state index contributed by atoms with van der Waals surface area (Å²) < 4.78 is 27.7. The molecule has 0 unspecified atom stereocenters. The Hall–Kier alpha value is -0.810. The molecule has 0 bridgehead atoms. The monoisotopic (exact) mass is 445 g/mol. The summed E-state index contributed by atoms with van der Waals surface area (Å²) in [5.74, 6) is 0. The van der Waals surface area contributed by atoms with Crippen molar-refractivity contribution in [2.24, 2.45) is 0 Å². The lowest BCUT2D eigenvalue weighted by atomic mass is 10.3. The van der Waals surface area contributed by atoms with Gasteiger partial charge in [0.1, 0.15) is 9.22 Å². The number of nitrogens with zero attached hydrogens (tertiary/aromatic N) is 3. The first-order valence-electron chi connectivity index (χ1n) is 7.97. The van der Waals surface area contributed by atoms with E-state index in [9.17, 15) is 8.42 Å².